The summed E-state index contributed by atoms with van der Waals surface area (Å²) in [5.41, 5.74) is 1.24. The molecule has 1 N–H and O–H groups in total. The molecule has 1 aromatic heterocycles. The summed E-state index contributed by atoms with van der Waals surface area (Å²) in [5.74, 6) is -0.367. The van der Waals surface area contributed by atoms with Crippen molar-refractivity contribution in [1.82, 2.24) is 14.8 Å². The number of nitrogens with zero attached hydrogens (tertiary/aromatic N) is 3. The maximum absolute atomic E-state index is 13.4. The lowest BCUT2D eigenvalue weighted by Crippen LogP contribution is -2.48. The second kappa shape index (κ2) is 11.1. The van der Waals surface area contributed by atoms with E-state index in [4.69, 9.17) is 9.47 Å². The number of nitrogens with one attached hydrogen (secondary N) is 1. The van der Waals surface area contributed by atoms with Crippen LogP contribution in [0.5, 0.6) is 5.75 Å². The van der Waals surface area contributed by atoms with Crippen LogP contribution in [0.2, 0.25) is 0 Å². The average Bonchev–Trinajstić information content (AvgIpc) is 2.82. The molecule has 182 valence electrons. The third-order valence-electron chi connectivity index (χ3n) is 5.91. The van der Waals surface area contributed by atoms with Crippen molar-refractivity contribution in [3.63, 3.8) is 0 Å². The Morgan fingerprint density at radius 3 is 2.59 bits per heavy atom. The van der Waals surface area contributed by atoms with E-state index in [9.17, 15) is 14.4 Å². The van der Waals surface area contributed by atoms with E-state index in [0.29, 0.717) is 35.8 Å². The predicted molar refractivity (Wildman–Crippen MR) is 128 cm³/mol. The highest BCUT2D eigenvalue weighted by Gasteiger charge is 2.31. The van der Waals surface area contributed by atoms with Crippen LogP contribution in [-0.4, -0.2) is 78.5 Å². The number of rotatable bonds is 3. The van der Waals surface area contributed by atoms with Crippen LogP contribution in [0, 0.1) is 5.92 Å². The van der Waals surface area contributed by atoms with Gasteiger partial charge in [0.05, 0.1) is 17.7 Å². The number of methoxy groups -OCH3 is 1. The Hall–Kier alpha value is -3.46. The average molecular weight is 469 g/mol. The Morgan fingerprint density at radius 1 is 1.18 bits per heavy atom. The second-order valence-electron chi connectivity index (χ2n) is 8.66. The molecule has 34 heavy (non-hydrogen) atoms. The van der Waals surface area contributed by atoms with E-state index in [0.717, 1.165) is 0 Å². The molecule has 0 saturated heterocycles. The molecule has 2 aromatic rings. The molecule has 0 fully saturated rings. The minimum absolute atomic E-state index is 0.0589. The normalized spacial score (nSPS) is 21.6. The van der Waals surface area contributed by atoms with Gasteiger partial charge in [0.1, 0.15) is 18.1 Å². The summed E-state index contributed by atoms with van der Waals surface area (Å²) in [6.07, 6.45) is 1.30. The van der Waals surface area contributed by atoms with Crippen LogP contribution in [-0.2, 0) is 9.53 Å². The van der Waals surface area contributed by atoms with Crippen molar-refractivity contribution in [2.45, 2.75) is 32.9 Å². The Kier molecular flexibility index (Phi) is 8.22. The first-order valence-electron chi connectivity index (χ1n) is 11.3. The molecular formula is C25H32N4O5. The highest BCUT2D eigenvalue weighted by Crippen LogP contribution is 2.27. The molecule has 0 unspecified atom stereocenters. The second-order valence-corrected chi connectivity index (χ2v) is 8.66. The molecule has 0 spiro atoms. The van der Waals surface area contributed by atoms with Gasteiger partial charge in [-0.15, -0.1) is 0 Å². The number of benzene rings is 1. The predicted octanol–water partition coefficient (Wildman–Crippen LogP) is 2.69. The number of pyridine rings is 1. The van der Waals surface area contributed by atoms with Crippen LogP contribution in [0.1, 0.15) is 41.6 Å². The van der Waals surface area contributed by atoms with Crippen molar-refractivity contribution in [3.05, 3.63) is 53.9 Å². The summed E-state index contributed by atoms with van der Waals surface area (Å²) in [4.78, 5) is 45.6. The molecule has 0 radical (unpaired) electrons. The van der Waals surface area contributed by atoms with Gasteiger partial charge in [0.15, 0.2) is 0 Å². The van der Waals surface area contributed by atoms with E-state index in [2.05, 4.69) is 10.3 Å². The number of hydrogen-bond acceptors (Lipinski definition) is 6. The molecule has 3 rings (SSSR count). The van der Waals surface area contributed by atoms with Crippen molar-refractivity contribution in [3.8, 4) is 5.75 Å². The largest absolute Gasteiger partial charge is 0.491 e. The molecule has 3 atom stereocenters. The molecule has 9 nitrogen and oxygen atoms in total. The van der Waals surface area contributed by atoms with Gasteiger partial charge in [0.2, 0.25) is 5.91 Å². The van der Waals surface area contributed by atoms with E-state index < -0.39 is 0 Å². The lowest BCUT2D eigenvalue weighted by Gasteiger charge is -2.36. The summed E-state index contributed by atoms with van der Waals surface area (Å²) >= 11 is 0. The Labute approximate surface area is 200 Å². The molecule has 0 bridgehead atoms. The number of likely N-dealkylation sites (N-methyl/N-ethyl adjacent to an activating group) is 1. The zero-order chi connectivity index (χ0) is 24.8. The van der Waals surface area contributed by atoms with E-state index in [1.807, 2.05) is 13.8 Å². The first-order valence-corrected chi connectivity index (χ1v) is 11.3. The number of anilines is 1. The van der Waals surface area contributed by atoms with Crippen LogP contribution in [0.15, 0.2) is 42.6 Å². The van der Waals surface area contributed by atoms with Crippen molar-refractivity contribution >= 4 is 23.4 Å². The van der Waals surface area contributed by atoms with Crippen molar-refractivity contribution in [1.29, 1.82) is 0 Å². The smallest absolute Gasteiger partial charge is 0.272 e. The molecular weight excluding hydrogens is 436 g/mol. The summed E-state index contributed by atoms with van der Waals surface area (Å²) in [5, 5.41) is 2.71. The van der Waals surface area contributed by atoms with Crippen LogP contribution < -0.4 is 10.1 Å². The van der Waals surface area contributed by atoms with Gasteiger partial charge in [-0.05, 0) is 31.2 Å². The van der Waals surface area contributed by atoms with Gasteiger partial charge >= 0.3 is 0 Å². The zero-order valence-electron chi connectivity index (χ0n) is 20.3. The highest BCUT2D eigenvalue weighted by molar-refractivity contribution is 5.98. The maximum Gasteiger partial charge on any atom is 0.272 e. The Bertz CT molecular complexity index is 1030. The fourth-order valence-electron chi connectivity index (χ4n) is 3.97. The van der Waals surface area contributed by atoms with Gasteiger partial charge in [-0.1, -0.05) is 13.0 Å². The lowest BCUT2D eigenvalue weighted by molar-refractivity contribution is -0.114. The number of carbonyl (C=O) groups is 3. The molecule has 0 saturated carbocycles. The maximum atomic E-state index is 13.4. The molecule has 1 aromatic carbocycles. The monoisotopic (exact) mass is 468 g/mol. The SMILES string of the molecule is CO[C@@H]1CN(C)C(=O)c2ccc(NC(C)=O)cc2OC[C@@H](C)N(C(=O)c2ccccn2)C[C@H]1C. The zero-order valence-corrected chi connectivity index (χ0v) is 20.3. The summed E-state index contributed by atoms with van der Waals surface area (Å²) < 4.78 is 11.8. The van der Waals surface area contributed by atoms with Crippen LogP contribution in [0.4, 0.5) is 5.69 Å². The highest BCUT2D eigenvalue weighted by atomic mass is 16.5. The van der Waals surface area contributed by atoms with Gasteiger partial charge in [-0.3, -0.25) is 19.4 Å². The fourth-order valence-corrected chi connectivity index (χ4v) is 3.97. The number of carbonyl (C=O) groups excluding carboxylic acids is 3. The topological polar surface area (TPSA) is 101 Å². The van der Waals surface area contributed by atoms with Crippen LogP contribution in [0.25, 0.3) is 0 Å². The van der Waals surface area contributed by atoms with Crippen LogP contribution in [0.3, 0.4) is 0 Å². The van der Waals surface area contributed by atoms with E-state index in [1.54, 1.807) is 66.6 Å². The number of hydrogen-bond donors (Lipinski definition) is 1. The van der Waals surface area contributed by atoms with Gasteiger partial charge in [0.25, 0.3) is 11.8 Å². The minimum Gasteiger partial charge on any atom is -0.491 e. The molecule has 9 heteroatoms. The number of ether oxygens (including phenoxy) is 2. The van der Waals surface area contributed by atoms with Gasteiger partial charge in [-0.25, -0.2) is 0 Å². The molecule has 0 aliphatic carbocycles. The van der Waals surface area contributed by atoms with Crippen LogP contribution >= 0.6 is 0 Å². The third kappa shape index (κ3) is 5.91. The van der Waals surface area contributed by atoms with Gasteiger partial charge < -0.3 is 24.6 Å². The third-order valence-corrected chi connectivity index (χ3v) is 5.91. The quantitative estimate of drug-likeness (QED) is 0.743. The molecule has 2 heterocycles. The van der Waals surface area contributed by atoms with Crippen molar-refractivity contribution in [2.24, 2.45) is 5.92 Å². The number of amides is 3. The summed E-state index contributed by atoms with van der Waals surface area (Å²) in [7, 11) is 3.31. The molecule has 1 aliphatic heterocycles. The summed E-state index contributed by atoms with van der Waals surface area (Å²) in [6.45, 7) is 6.19. The van der Waals surface area contributed by atoms with Crippen molar-refractivity contribution < 1.29 is 23.9 Å². The Morgan fingerprint density at radius 2 is 1.94 bits per heavy atom. The first kappa shape index (κ1) is 25.2. The fraction of sp³-hybridized carbons (Fsp3) is 0.440. The lowest BCUT2D eigenvalue weighted by atomic mass is 10.0. The molecule has 1 aliphatic rings. The van der Waals surface area contributed by atoms with E-state index in [1.165, 1.54) is 6.92 Å². The van der Waals surface area contributed by atoms with Gasteiger partial charge in [-0.2, -0.15) is 0 Å². The Balaban J connectivity index is 2.00. The number of fused-ring (bicyclic) bond motifs is 1. The summed E-state index contributed by atoms with van der Waals surface area (Å²) in [6, 6.07) is 9.84. The van der Waals surface area contributed by atoms with Crippen molar-refractivity contribution in [2.75, 3.05) is 39.2 Å². The standard InChI is InChI=1S/C25H32N4O5/c1-16-13-29(25(32)21-8-6-7-11-26-21)17(2)15-34-22-12-19(27-18(3)30)9-10-20(22)24(31)28(4)14-23(16)33-5/h6-12,16-17,23H,13-15H2,1-5H3,(H,27,30)/t16-,17-,23-/m1/s1. The first-order chi connectivity index (χ1) is 16.2. The van der Waals surface area contributed by atoms with E-state index >= 15 is 0 Å². The van der Waals surface area contributed by atoms with Gasteiger partial charge in [0, 0.05) is 58.0 Å². The minimum atomic E-state index is -0.320. The number of aromatic nitrogens is 1. The molecule has 3 amide bonds. The van der Waals surface area contributed by atoms with E-state index in [-0.39, 0.29) is 42.4 Å².